The predicted octanol–water partition coefficient (Wildman–Crippen LogP) is 7.37. The Hall–Kier alpha value is -2.19. The third kappa shape index (κ3) is 9.09. The number of benzene rings is 3. The Morgan fingerprint density at radius 2 is 0.933 bits per heavy atom. The van der Waals surface area contributed by atoms with Crippen molar-refractivity contribution in [2.75, 3.05) is 13.2 Å². The first-order chi connectivity index (χ1) is 14.9. The molecule has 0 spiro atoms. The zero-order valence-electron chi connectivity index (χ0n) is 17.5. The number of rotatable bonds is 14. The van der Waals surface area contributed by atoms with E-state index >= 15 is 0 Å². The van der Waals surface area contributed by atoms with Crippen molar-refractivity contribution >= 4 is 8.60 Å². The Labute approximate surface area is 182 Å². The van der Waals surface area contributed by atoms with Gasteiger partial charge in [0.25, 0.3) is 0 Å². The van der Waals surface area contributed by atoms with Crippen molar-refractivity contribution in [3.8, 4) is 5.75 Å². The van der Waals surface area contributed by atoms with Gasteiger partial charge in [-0.05, 0) is 61.8 Å². The van der Waals surface area contributed by atoms with Crippen LogP contribution in [0.1, 0.15) is 36.8 Å². The highest BCUT2D eigenvalue weighted by molar-refractivity contribution is 7.42. The highest BCUT2D eigenvalue weighted by atomic mass is 31.2. The Morgan fingerprint density at radius 3 is 1.40 bits per heavy atom. The summed E-state index contributed by atoms with van der Waals surface area (Å²) in [5.41, 5.74) is 2.74. The van der Waals surface area contributed by atoms with Crippen LogP contribution in [0.25, 0.3) is 0 Å². The van der Waals surface area contributed by atoms with Crippen LogP contribution in [-0.4, -0.2) is 13.2 Å². The fourth-order valence-corrected chi connectivity index (χ4v) is 4.12. The molecule has 0 radical (unpaired) electrons. The number of para-hydroxylation sites is 1. The van der Waals surface area contributed by atoms with E-state index in [0.29, 0.717) is 13.2 Å². The minimum Gasteiger partial charge on any atom is -0.427 e. The lowest BCUT2D eigenvalue weighted by Gasteiger charge is -2.17. The fraction of sp³-hybridized carbons (Fsp3) is 0.308. The molecule has 0 N–H and O–H groups in total. The van der Waals surface area contributed by atoms with E-state index in [1.54, 1.807) is 0 Å². The molecule has 0 amide bonds. The lowest BCUT2D eigenvalue weighted by Crippen LogP contribution is -2.01. The van der Waals surface area contributed by atoms with Crippen LogP contribution in [0.15, 0.2) is 91.0 Å². The summed E-state index contributed by atoms with van der Waals surface area (Å²) < 4.78 is 17.9. The van der Waals surface area contributed by atoms with Gasteiger partial charge in [0.2, 0.25) is 0 Å². The Morgan fingerprint density at radius 1 is 0.500 bits per heavy atom. The van der Waals surface area contributed by atoms with Gasteiger partial charge < -0.3 is 13.6 Å². The molecule has 0 fully saturated rings. The van der Waals surface area contributed by atoms with Gasteiger partial charge in [0.05, 0.1) is 13.2 Å². The van der Waals surface area contributed by atoms with Crippen LogP contribution in [0.3, 0.4) is 0 Å². The molecule has 0 aliphatic heterocycles. The average molecular weight is 423 g/mol. The summed E-state index contributed by atoms with van der Waals surface area (Å²) >= 11 is 0. The molecule has 0 unspecified atom stereocenters. The van der Waals surface area contributed by atoms with Gasteiger partial charge in [-0.25, -0.2) is 0 Å². The molecule has 30 heavy (non-hydrogen) atoms. The summed E-state index contributed by atoms with van der Waals surface area (Å²) in [6.07, 6.45) is 6.31. The molecule has 4 heteroatoms. The van der Waals surface area contributed by atoms with E-state index in [2.05, 4.69) is 60.7 Å². The molecule has 0 saturated heterocycles. The molecule has 0 aliphatic carbocycles. The van der Waals surface area contributed by atoms with Crippen LogP contribution in [-0.2, 0) is 21.9 Å². The largest absolute Gasteiger partial charge is 0.427 e. The van der Waals surface area contributed by atoms with Crippen LogP contribution >= 0.6 is 8.60 Å². The average Bonchev–Trinajstić information content (AvgIpc) is 2.80. The molecule has 0 bridgehead atoms. The normalized spacial score (nSPS) is 11.0. The highest BCUT2D eigenvalue weighted by Crippen LogP contribution is 2.41. The monoisotopic (exact) mass is 422 g/mol. The predicted molar refractivity (Wildman–Crippen MR) is 125 cm³/mol. The summed E-state index contributed by atoms with van der Waals surface area (Å²) in [5, 5.41) is 0. The van der Waals surface area contributed by atoms with E-state index in [9.17, 15) is 0 Å². The topological polar surface area (TPSA) is 27.7 Å². The molecule has 3 rings (SSSR count). The maximum atomic E-state index is 5.97. The van der Waals surface area contributed by atoms with E-state index < -0.39 is 8.60 Å². The van der Waals surface area contributed by atoms with Crippen molar-refractivity contribution in [2.24, 2.45) is 0 Å². The highest BCUT2D eigenvalue weighted by Gasteiger charge is 2.14. The summed E-state index contributed by atoms with van der Waals surface area (Å²) in [6, 6.07) is 30.9. The summed E-state index contributed by atoms with van der Waals surface area (Å²) in [7, 11) is -1.38. The maximum absolute atomic E-state index is 5.97. The second kappa shape index (κ2) is 13.9. The van der Waals surface area contributed by atoms with Crippen molar-refractivity contribution in [1.29, 1.82) is 0 Å². The van der Waals surface area contributed by atoms with Crippen molar-refractivity contribution < 1.29 is 13.6 Å². The summed E-state index contributed by atoms with van der Waals surface area (Å²) in [5.74, 6) is 0.789. The molecule has 0 aliphatic rings. The molecule has 158 valence electrons. The molecule has 3 nitrogen and oxygen atoms in total. The van der Waals surface area contributed by atoms with Gasteiger partial charge in [-0.2, -0.15) is 0 Å². The van der Waals surface area contributed by atoms with Gasteiger partial charge in [0.15, 0.2) is 0 Å². The zero-order valence-corrected chi connectivity index (χ0v) is 18.4. The van der Waals surface area contributed by atoms with E-state index in [1.807, 2.05) is 30.3 Å². The van der Waals surface area contributed by atoms with Crippen LogP contribution in [0.5, 0.6) is 5.75 Å². The molecule has 0 atom stereocenters. The van der Waals surface area contributed by atoms with Crippen molar-refractivity contribution in [3.63, 3.8) is 0 Å². The summed E-state index contributed by atoms with van der Waals surface area (Å²) in [6.45, 7) is 1.30. The molecule has 0 heterocycles. The zero-order chi connectivity index (χ0) is 20.7. The quantitative estimate of drug-likeness (QED) is 0.200. The molecule has 3 aromatic rings. The SMILES string of the molecule is c1ccc(CCCCOP(OCCCCc2ccccc2)Oc2ccccc2)cc1. The molecule has 0 aromatic heterocycles. The van der Waals surface area contributed by atoms with Crippen molar-refractivity contribution in [3.05, 3.63) is 102 Å². The first kappa shape index (κ1) is 22.5. The molecule has 3 aromatic carbocycles. The van der Waals surface area contributed by atoms with E-state index in [1.165, 1.54) is 11.1 Å². The van der Waals surface area contributed by atoms with Crippen LogP contribution in [0.4, 0.5) is 0 Å². The van der Waals surface area contributed by atoms with Crippen LogP contribution < -0.4 is 4.52 Å². The number of unbranched alkanes of at least 4 members (excludes halogenated alkanes) is 2. The Bertz CT molecular complexity index is 747. The van der Waals surface area contributed by atoms with Gasteiger partial charge in [0.1, 0.15) is 5.75 Å². The van der Waals surface area contributed by atoms with Gasteiger partial charge in [-0.1, -0.05) is 78.9 Å². The van der Waals surface area contributed by atoms with E-state index in [0.717, 1.165) is 44.3 Å². The van der Waals surface area contributed by atoms with Crippen LogP contribution in [0, 0.1) is 0 Å². The molecular formula is C26H31O3P. The number of aryl methyl sites for hydroxylation is 2. The van der Waals surface area contributed by atoms with Gasteiger partial charge >= 0.3 is 8.60 Å². The second-order valence-electron chi connectivity index (χ2n) is 7.18. The van der Waals surface area contributed by atoms with Gasteiger partial charge in [0, 0.05) is 0 Å². The van der Waals surface area contributed by atoms with Crippen molar-refractivity contribution in [2.45, 2.75) is 38.5 Å². The number of hydrogen-bond acceptors (Lipinski definition) is 3. The fourth-order valence-electron chi connectivity index (χ4n) is 3.09. The minimum atomic E-state index is -1.38. The van der Waals surface area contributed by atoms with Gasteiger partial charge in [-0.3, -0.25) is 0 Å². The number of hydrogen-bond donors (Lipinski definition) is 0. The second-order valence-corrected chi connectivity index (χ2v) is 8.33. The summed E-state index contributed by atoms with van der Waals surface area (Å²) in [4.78, 5) is 0. The lowest BCUT2D eigenvalue weighted by molar-refractivity contribution is 0.199. The molecular weight excluding hydrogens is 391 g/mol. The third-order valence-electron chi connectivity index (χ3n) is 4.72. The third-order valence-corrected chi connectivity index (χ3v) is 5.87. The van der Waals surface area contributed by atoms with E-state index in [4.69, 9.17) is 13.6 Å². The van der Waals surface area contributed by atoms with Crippen LogP contribution in [0.2, 0.25) is 0 Å². The Kier molecular flexibility index (Phi) is 10.4. The Balaban J connectivity index is 1.36. The molecule has 0 saturated carbocycles. The van der Waals surface area contributed by atoms with Crippen molar-refractivity contribution in [1.82, 2.24) is 0 Å². The standard InChI is InChI=1S/C26H31O3P/c1-4-14-24(15-5-1)18-10-12-22-27-30(29-26-20-8-3-9-21-26)28-23-13-11-19-25-16-6-2-7-17-25/h1-9,14-17,20-21H,10-13,18-19,22-23H2. The first-order valence-electron chi connectivity index (χ1n) is 10.8. The smallest absolute Gasteiger partial charge is 0.397 e. The van der Waals surface area contributed by atoms with Gasteiger partial charge in [-0.15, -0.1) is 0 Å². The maximum Gasteiger partial charge on any atom is 0.397 e. The minimum absolute atomic E-state index is 0.648. The van der Waals surface area contributed by atoms with E-state index in [-0.39, 0.29) is 0 Å². The lowest BCUT2D eigenvalue weighted by atomic mass is 10.1. The first-order valence-corrected chi connectivity index (χ1v) is 11.9.